The highest BCUT2D eigenvalue weighted by atomic mass is 16.5. The number of carbonyl (C=O) groups excluding carboxylic acids is 1. The zero-order valence-corrected chi connectivity index (χ0v) is 12.7. The molecule has 1 saturated carbocycles. The highest BCUT2D eigenvalue weighted by Crippen LogP contribution is 2.51. The normalized spacial score (nSPS) is 26.5. The van der Waals surface area contributed by atoms with E-state index in [-0.39, 0.29) is 23.5 Å². The van der Waals surface area contributed by atoms with Crippen molar-refractivity contribution in [2.45, 2.75) is 38.4 Å². The molecule has 118 valence electrons. The van der Waals surface area contributed by atoms with E-state index in [1.54, 1.807) is 17.2 Å². The standard InChI is InChI=1S/C16H21N3O3/c1-2-22-14-8-13(20)16(14)3-5-19(6-4-16)15(21)12-7-11(9-17)10-18-12/h7,10,13-14,18,20H,2-6,8H2,1H3/t13-,14+/m0/s1. The van der Waals surface area contributed by atoms with Gasteiger partial charge in [0.05, 0.1) is 17.8 Å². The molecule has 1 amide bonds. The number of rotatable bonds is 3. The van der Waals surface area contributed by atoms with Crippen LogP contribution in [0.2, 0.25) is 0 Å². The minimum Gasteiger partial charge on any atom is -0.392 e. The first-order valence-electron chi connectivity index (χ1n) is 7.78. The van der Waals surface area contributed by atoms with Gasteiger partial charge in [0.2, 0.25) is 0 Å². The minimum absolute atomic E-state index is 0.0851. The lowest BCUT2D eigenvalue weighted by atomic mass is 9.58. The molecule has 6 nitrogen and oxygen atoms in total. The lowest BCUT2D eigenvalue weighted by molar-refractivity contribution is -0.207. The molecule has 3 rings (SSSR count). The van der Waals surface area contributed by atoms with E-state index < -0.39 is 0 Å². The average molecular weight is 303 g/mol. The number of aliphatic hydroxyl groups excluding tert-OH is 1. The monoisotopic (exact) mass is 303 g/mol. The van der Waals surface area contributed by atoms with Gasteiger partial charge in [-0.05, 0) is 25.8 Å². The minimum atomic E-state index is -0.322. The SMILES string of the molecule is CCO[C@@H]1C[C@H](O)C12CCN(C(=O)c1cc(C#N)c[nH]1)CC2. The van der Waals surface area contributed by atoms with Crippen LogP contribution in [0, 0.1) is 16.7 Å². The third kappa shape index (κ3) is 2.31. The number of nitrogens with one attached hydrogen (secondary N) is 1. The molecule has 2 atom stereocenters. The predicted molar refractivity (Wildman–Crippen MR) is 79.1 cm³/mol. The first-order chi connectivity index (χ1) is 10.6. The highest BCUT2D eigenvalue weighted by Gasteiger charge is 2.56. The molecule has 0 unspecified atom stereocenters. The maximum absolute atomic E-state index is 12.4. The number of ether oxygens (including phenoxy) is 1. The smallest absolute Gasteiger partial charge is 0.270 e. The van der Waals surface area contributed by atoms with Crippen LogP contribution in [0.1, 0.15) is 42.2 Å². The molecule has 1 aliphatic heterocycles. The Labute approximate surface area is 129 Å². The van der Waals surface area contributed by atoms with Crippen LogP contribution < -0.4 is 0 Å². The van der Waals surface area contributed by atoms with E-state index in [4.69, 9.17) is 10.00 Å². The van der Waals surface area contributed by atoms with Crippen LogP contribution in [-0.4, -0.2) is 52.8 Å². The number of likely N-dealkylation sites (tertiary alicyclic amines) is 1. The Morgan fingerprint density at radius 2 is 2.32 bits per heavy atom. The summed E-state index contributed by atoms with van der Waals surface area (Å²) in [4.78, 5) is 17.1. The van der Waals surface area contributed by atoms with Gasteiger partial charge in [-0.15, -0.1) is 0 Å². The van der Waals surface area contributed by atoms with Crippen molar-refractivity contribution in [3.63, 3.8) is 0 Å². The van der Waals surface area contributed by atoms with E-state index in [1.807, 2.05) is 13.0 Å². The fraction of sp³-hybridized carbons (Fsp3) is 0.625. The summed E-state index contributed by atoms with van der Waals surface area (Å²) >= 11 is 0. The van der Waals surface area contributed by atoms with E-state index in [9.17, 15) is 9.90 Å². The van der Waals surface area contributed by atoms with Crippen molar-refractivity contribution in [3.8, 4) is 6.07 Å². The van der Waals surface area contributed by atoms with Gasteiger partial charge >= 0.3 is 0 Å². The molecule has 6 heteroatoms. The molecular formula is C16H21N3O3. The van der Waals surface area contributed by atoms with Crippen LogP contribution in [0.3, 0.4) is 0 Å². The number of aromatic nitrogens is 1. The largest absolute Gasteiger partial charge is 0.392 e. The lowest BCUT2D eigenvalue weighted by Gasteiger charge is -2.56. The van der Waals surface area contributed by atoms with Crippen molar-refractivity contribution < 1.29 is 14.6 Å². The number of hydrogen-bond acceptors (Lipinski definition) is 4. The number of carbonyl (C=O) groups is 1. The average Bonchev–Trinajstić information content (AvgIpc) is 3.03. The third-order valence-electron chi connectivity index (χ3n) is 5.13. The van der Waals surface area contributed by atoms with Gasteiger partial charge < -0.3 is 19.7 Å². The van der Waals surface area contributed by atoms with Gasteiger partial charge in [0.1, 0.15) is 11.8 Å². The number of H-pyrrole nitrogens is 1. The fourth-order valence-corrected chi connectivity index (χ4v) is 3.70. The fourth-order valence-electron chi connectivity index (χ4n) is 3.70. The van der Waals surface area contributed by atoms with E-state index in [0.29, 0.717) is 37.4 Å². The van der Waals surface area contributed by atoms with Crippen LogP contribution in [-0.2, 0) is 4.74 Å². The number of hydrogen-bond donors (Lipinski definition) is 2. The second-order valence-electron chi connectivity index (χ2n) is 6.13. The molecule has 1 aromatic rings. The van der Waals surface area contributed by atoms with Gasteiger partial charge in [-0.25, -0.2) is 0 Å². The molecule has 0 radical (unpaired) electrons. The van der Waals surface area contributed by atoms with Crippen molar-refractivity contribution >= 4 is 5.91 Å². The molecule has 2 heterocycles. The van der Waals surface area contributed by atoms with Gasteiger partial charge in [-0.3, -0.25) is 4.79 Å². The molecule has 2 aliphatic rings. The van der Waals surface area contributed by atoms with E-state index in [1.165, 1.54) is 0 Å². The Balaban J connectivity index is 1.64. The summed E-state index contributed by atoms with van der Waals surface area (Å²) in [5, 5.41) is 19.0. The lowest BCUT2D eigenvalue weighted by Crippen LogP contribution is -2.62. The molecule has 2 N–H and O–H groups in total. The molecule has 1 spiro atoms. The molecule has 0 bridgehead atoms. The molecule has 1 aromatic heterocycles. The van der Waals surface area contributed by atoms with E-state index >= 15 is 0 Å². The van der Waals surface area contributed by atoms with E-state index in [2.05, 4.69) is 4.98 Å². The molecule has 0 aromatic carbocycles. The number of piperidine rings is 1. The Morgan fingerprint density at radius 1 is 1.59 bits per heavy atom. The van der Waals surface area contributed by atoms with Crippen LogP contribution in [0.4, 0.5) is 0 Å². The van der Waals surface area contributed by atoms with Gasteiger partial charge in [0.15, 0.2) is 0 Å². The predicted octanol–water partition coefficient (Wildman–Crippen LogP) is 1.28. The highest BCUT2D eigenvalue weighted by molar-refractivity contribution is 5.93. The number of amides is 1. The molecule has 2 fully saturated rings. The first kappa shape index (κ1) is 15.1. The summed E-state index contributed by atoms with van der Waals surface area (Å²) in [6.07, 6.45) is 3.55. The van der Waals surface area contributed by atoms with Crippen LogP contribution >= 0.6 is 0 Å². The number of aromatic amines is 1. The van der Waals surface area contributed by atoms with Gasteiger partial charge in [0.25, 0.3) is 5.91 Å². The molecule has 1 saturated heterocycles. The Kier molecular flexibility index (Phi) is 3.94. The number of nitrogens with zero attached hydrogens (tertiary/aromatic N) is 2. The maximum atomic E-state index is 12.4. The Hall–Kier alpha value is -1.84. The van der Waals surface area contributed by atoms with Crippen molar-refractivity contribution in [1.29, 1.82) is 5.26 Å². The molecule has 1 aliphatic carbocycles. The molecule has 22 heavy (non-hydrogen) atoms. The van der Waals surface area contributed by atoms with Gasteiger partial charge in [-0.2, -0.15) is 5.26 Å². The summed E-state index contributed by atoms with van der Waals surface area (Å²) in [5.74, 6) is -0.0851. The number of aliphatic hydroxyl groups is 1. The summed E-state index contributed by atoms with van der Waals surface area (Å²) in [5.41, 5.74) is 0.728. The first-order valence-corrected chi connectivity index (χ1v) is 7.78. The van der Waals surface area contributed by atoms with Crippen LogP contribution in [0.25, 0.3) is 0 Å². The molecular weight excluding hydrogens is 282 g/mol. The van der Waals surface area contributed by atoms with Gasteiger partial charge in [0, 0.05) is 37.7 Å². The Bertz CT molecular complexity index is 594. The zero-order valence-electron chi connectivity index (χ0n) is 12.7. The van der Waals surface area contributed by atoms with Crippen LogP contribution in [0.5, 0.6) is 0 Å². The zero-order chi connectivity index (χ0) is 15.7. The second-order valence-corrected chi connectivity index (χ2v) is 6.13. The topological polar surface area (TPSA) is 89.3 Å². The van der Waals surface area contributed by atoms with E-state index in [0.717, 1.165) is 12.8 Å². The van der Waals surface area contributed by atoms with Crippen molar-refractivity contribution in [2.24, 2.45) is 5.41 Å². The summed E-state index contributed by atoms with van der Waals surface area (Å²) < 4.78 is 5.73. The number of nitriles is 1. The van der Waals surface area contributed by atoms with Crippen molar-refractivity contribution in [3.05, 3.63) is 23.5 Å². The van der Waals surface area contributed by atoms with Crippen molar-refractivity contribution in [1.82, 2.24) is 9.88 Å². The maximum Gasteiger partial charge on any atom is 0.270 e. The van der Waals surface area contributed by atoms with Crippen LogP contribution in [0.15, 0.2) is 12.3 Å². The summed E-state index contributed by atoms with van der Waals surface area (Å²) in [6.45, 7) is 3.84. The second kappa shape index (κ2) is 5.75. The van der Waals surface area contributed by atoms with Crippen molar-refractivity contribution in [2.75, 3.05) is 19.7 Å². The third-order valence-corrected chi connectivity index (χ3v) is 5.13. The summed E-state index contributed by atoms with van der Waals surface area (Å²) in [7, 11) is 0. The quantitative estimate of drug-likeness (QED) is 0.880. The summed E-state index contributed by atoms with van der Waals surface area (Å²) in [6, 6.07) is 3.59. The van der Waals surface area contributed by atoms with Gasteiger partial charge in [-0.1, -0.05) is 0 Å². The Morgan fingerprint density at radius 3 is 2.86 bits per heavy atom.